The zero-order valence-electron chi connectivity index (χ0n) is 16.1. The standard InChI is InChI=1S/C18H24N4O4S2/c1-12-16(13(2)26-21-12)28(24,25)20-11-14-6-9-22(10-7-14)18(23)15-5-4-8-19-17(15)27-3/h4-5,8,14,20H,6-7,9-11H2,1-3H3. The van der Waals surface area contributed by atoms with Crippen LogP contribution in [0.1, 0.15) is 34.7 Å². The van der Waals surface area contributed by atoms with Crippen molar-refractivity contribution in [2.45, 2.75) is 36.6 Å². The third kappa shape index (κ3) is 4.39. The van der Waals surface area contributed by atoms with Gasteiger partial charge in [0.2, 0.25) is 10.0 Å². The molecule has 3 rings (SSSR count). The molecule has 0 spiro atoms. The van der Waals surface area contributed by atoms with Gasteiger partial charge in [0.1, 0.15) is 15.6 Å². The summed E-state index contributed by atoms with van der Waals surface area (Å²) in [7, 11) is -3.66. The van der Waals surface area contributed by atoms with Crippen LogP contribution >= 0.6 is 11.8 Å². The Morgan fingerprint density at radius 1 is 1.36 bits per heavy atom. The van der Waals surface area contributed by atoms with Gasteiger partial charge in [-0.15, -0.1) is 11.8 Å². The van der Waals surface area contributed by atoms with E-state index in [1.165, 1.54) is 11.8 Å². The van der Waals surface area contributed by atoms with Crippen LogP contribution in [0.15, 0.2) is 32.8 Å². The second-order valence-electron chi connectivity index (χ2n) is 6.80. The van der Waals surface area contributed by atoms with Crippen molar-refractivity contribution < 1.29 is 17.7 Å². The number of sulfonamides is 1. The highest BCUT2D eigenvalue weighted by molar-refractivity contribution is 7.98. The summed E-state index contributed by atoms with van der Waals surface area (Å²) in [4.78, 5) is 19.0. The molecule has 1 saturated heterocycles. The van der Waals surface area contributed by atoms with Gasteiger partial charge in [0.05, 0.1) is 5.56 Å². The third-order valence-corrected chi connectivity index (χ3v) is 7.27. The second-order valence-corrected chi connectivity index (χ2v) is 9.30. The summed E-state index contributed by atoms with van der Waals surface area (Å²) in [6, 6.07) is 3.56. The van der Waals surface area contributed by atoms with Gasteiger partial charge in [-0.25, -0.2) is 18.1 Å². The Bertz CT molecular complexity index is 931. The SMILES string of the molecule is CSc1ncccc1C(=O)N1CCC(CNS(=O)(=O)c2c(C)noc2C)CC1. The van der Waals surface area contributed by atoms with Gasteiger partial charge in [-0.05, 0) is 51.0 Å². The van der Waals surface area contributed by atoms with Crippen molar-refractivity contribution in [1.29, 1.82) is 0 Å². The van der Waals surface area contributed by atoms with Crippen molar-refractivity contribution in [1.82, 2.24) is 19.8 Å². The number of hydrogen-bond acceptors (Lipinski definition) is 7. The fraction of sp³-hybridized carbons (Fsp3) is 0.500. The van der Waals surface area contributed by atoms with Crippen LogP contribution in [0.4, 0.5) is 0 Å². The number of likely N-dealkylation sites (tertiary alicyclic amines) is 1. The summed E-state index contributed by atoms with van der Waals surface area (Å²) in [6.07, 6.45) is 5.06. The van der Waals surface area contributed by atoms with Crippen LogP contribution in [0.2, 0.25) is 0 Å². The molecule has 10 heteroatoms. The monoisotopic (exact) mass is 424 g/mol. The van der Waals surface area contributed by atoms with E-state index in [-0.39, 0.29) is 22.5 Å². The highest BCUT2D eigenvalue weighted by Crippen LogP contribution is 2.24. The number of piperidine rings is 1. The molecule has 0 aromatic carbocycles. The van der Waals surface area contributed by atoms with Crippen LogP contribution in [0.25, 0.3) is 0 Å². The molecule has 152 valence electrons. The largest absolute Gasteiger partial charge is 0.360 e. The number of rotatable bonds is 6. The summed E-state index contributed by atoms with van der Waals surface area (Å²) in [5.41, 5.74) is 0.971. The Kier molecular flexibility index (Phi) is 6.41. The molecular formula is C18H24N4O4S2. The van der Waals surface area contributed by atoms with Gasteiger partial charge in [0.25, 0.3) is 5.91 Å². The Morgan fingerprint density at radius 3 is 2.68 bits per heavy atom. The minimum absolute atomic E-state index is 0.0211. The number of thioether (sulfide) groups is 1. The Balaban J connectivity index is 1.57. The molecule has 0 radical (unpaired) electrons. The summed E-state index contributed by atoms with van der Waals surface area (Å²) in [5, 5.41) is 4.43. The van der Waals surface area contributed by atoms with E-state index >= 15 is 0 Å². The maximum Gasteiger partial charge on any atom is 0.256 e. The first-order chi connectivity index (χ1) is 13.3. The fourth-order valence-corrected chi connectivity index (χ4v) is 5.37. The lowest BCUT2D eigenvalue weighted by Gasteiger charge is -2.32. The molecule has 0 atom stereocenters. The number of carbonyl (C=O) groups excluding carboxylic acids is 1. The van der Waals surface area contributed by atoms with Gasteiger partial charge in [-0.1, -0.05) is 5.16 Å². The maximum absolute atomic E-state index is 12.8. The van der Waals surface area contributed by atoms with Crippen molar-refractivity contribution in [3.05, 3.63) is 35.3 Å². The van der Waals surface area contributed by atoms with E-state index in [0.29, 0.717) is 30.9 Å². The number of aryl methyl sites for hydroxylation is 2. The lowest BCUT2D eigenvalue weighted by Crippen LogP contribution is -2.41. The van der Waals surface area contributed by atoms with Crippen LogP contribution in [-0.4, -0.2) is 55.3 Å². The topological polar surface area (TPSA) is 105 Å². The molecule has 28 heavy (non-hydrogen) atoms. The average Bonchev–Trinajstić information content (AvgIpc) is 3.05. The summed E-state index contributed by atoms with van der Waals surface area (Å²) in [5.74, 6) is 0.437. The molecule has 8 nitrogen and oxygen atoms in total. The number of pyridine rings is 1. The summed E-state index contributed by atoms with van der Waals surface area (Å²) >= 11 is 1.45. The second kappa shape index (κ2) is 8.62. The van der Waals surface area contributed by atoms with Gasteiger partial charge in [0.15, 0.2) is 5.76 Å². The smallest absolute Gasteiger partial charge is 0.256 e. The Morgan fingerprint density at radius 2 is 2.07 bits per heavy atom. The summed E-state index contributed by atoms with van der Waals surface area (Å²) in [6.45, 7) is 4.71. The third-order valence-electron chi connectivity index (χ3n) is 4.90. The zero-order chi connectivity index (χ0) is 20.3. The van der Waals surface area contributed by atoms with Crippen LogP contribution < -0.4 is 4.72 Å². The molecule has 1 fully saturated rings. The Hall–Kier alpha value is -1.91. The first-order valence-electron chi connectivity index (χ1n) is 9.04. The predicted molar refractivity (Wildman–Crippen MR) is 106 cm³/mol. The summed E-state index contributed by atoms with van der Waals surface area (Å²) < 4.78 is 32.7. The molecule has 0 aliphatic carbocycles. The predicted octanol–water partition coefficient (Wildman–Crippen LogP) is 2.24. The van der Waals surface area contributed by atoms with Crippen LogP contribution in [0.5, 0.6) is 0 Å². The number of hydrogen-bond donors (Lipinski definition) is 1. The average molecular weight is 425 g/mol. The van der Waals surface area contributed by atoms with Gasteiger partial charge < -0.3 is 9.42 Å². The lowest BCUT2D eigenvalue weighted by molar-refractivity contribution is 0.0687. The van der Waals surface area contributed by atoms with E-state index < -0.39 is 10.0 Å². The fourth-order valence-electron chi connectivity index (χ4n) is 3.38. The minimum Gasteiger partial charge on any atom is -0.360 e. The van der Waals surface area contributed by atoms with E-state index in [9.17, 15) is 13.2 Å². The molecule has 1 N–H and O–H groups in total. The normalized spacial score (nSPS) is 15.8. The van der Waals surface area contributed by atoms with Gasteiger partial charge in [-0.3, -0.25) is 4.79 Å². The van der Waals surface area contributed by atoms with E-state index in [4.69, 9.17) is 4.52 Å². The molecule has 0 saturated carbocycles. The molecule has 3 heterocycles. The molecular weight excluding hydrogens is 400 g/mol. The molecule has 1 amide bonds. The number of amides is 1. The van der Waals surface area contributed by atoms with E-state index in [1.807, 2.05) is 11.2 Å². The number of nitrogens with one attached hydrogen (secondary N) is 1. The van der Waals surface area contributed by atoms with E-state index in [0.717, 1.165) is 17.9 Å². The van der Waals surface area contributed by atoms with Crippen molar-refractivity contribution in [2.24, 2.45) is 5.92 Å². The van der Waals surface area contributed by atoms with E-state index in [2.05, 4.69) is 14.9 Å². The van der Waals surface area contributed by atoms with Gasteiger partial charge >= 0.3 is 0 Å². The number of carbonyl (C=O) groups is 1. The number of aromatic nitrogens is 2. The van der Waals surface area contributed by atoms with Crippen LogP contribution in [0.3, 0.4) is 0 Å². The Labute approximate surface area is 169 Å². The van der Waals surface area contributed by atoms with Crippen molar-refractivity contribution >= 4 is 27.7 Å². The maximum atomic E-state index is 12.8. The molecule has 0 bridgehead atoms. The van der Waals surface area contributed by atoms with Crippen molar-refractivity contribution in [2.75, 3.05) is 25.9 Å². The quantitative estimate of drug-likeness (QED) is 0.709. The molecule has 1 aliphatic heterocycles. The van der Waals surface area contributed by atoms with Crippen molar-refractivity contribution in [3.63, 3.8) is 0 Å². The molecule has 2 aromatic rings. The van der Waals surface area contributed by atoms with Gasteiger partial charge in [0, 0.05) is 25.8 Å². The van der Waals surface area contributed by atoms with Crippen LogP contribution in [0, 0.1) is 19.8 Å². The lowest BCUT2D eigenvalue weighted by atomic mass is 9.97. The van der Waals surface area contributed by atoms with Crippen LogP contribution in [-0.2, 0) is 10.0 Å². The zero-order valence-corrected chi connectivity index (χ0v) is 17.8. The number of nitrogens with zero attached hydrogens (tertiary/aromatic N) is 3. The first-order valence-corrected chi connectivity index (χ1v) is 11.7. The highest BCUT2D eigenvalue weighted by atomic mass is 32.2. The van der Waals surface area contributed by atoms with Crippen molar-refractivity contribution in [3.8, 4) is 0 Å². The van der Waals surface area contributed by atoms with Gasteiger partial charge in [-0.2, -0.15) is 0 Å². The highest BCUT2D eigenvalue weighted by Gasteiger charge is 2.28. The van der Waals surface area contributed by atoms with E-state index in [1.54, 1.807) is 32.2 Å². The molecule has 0 unspecified atom stereocenters. The molecule has 2 aromatic heterocycles. The molecule has 1 aliphatic rings. The minimum atomic E-state index is -3.66. The first kappa shape index (κ1) is 20.8.